The van der Waals surface area contributed by atoms with Gasteiger partial charge in [-0.25, -0.2) is 0 Å². The van der Waals surface area contributed by atoms with Gasteiger partial charge in [-0.2, -0.15) is 0 Å². The molecule has 0 radical (unpaired) electrons. The lowest BCUT2D eigenvalue weighted by molar-refractivity contribution is -0.519. The van der Waals surface area contributed by atoms with Gasteiger partial charge < -0.3 is 34.7 Å². The van der Waals surface area contributed by atoms with E-state index in [1.807, 2.05) is 13.0 Å². The molecule has 1 saturated heterocycles. The number of aryl methyl sites for hydroxylation is 1. The van der Waals surface area contributed by atoms with Gasteiger partial charge in [0.1, 0.15) is 12.7 Å². The number of carbonyl (C=O) groups is 3. The van der Waals surface area contributed by atoms with Crippen molar-refractivity contribution in [2.75, 3.05) is 11.9 Å². The third kappa shape index (κ3) is 7.02. The average molecular weight is 488 g/mol. The zero-order valence-corrected chi connectivity index (χ0v) is 19.5. The molecule has 2 N–H and O–H groups in total. The highest BCUT2D eigenvalue weighted by molar-refractivity contribution is 7.80. The number of hydrogen-bond acceptors (Lipinski definition) is 9. The molecule has 0 aliphatic carbocycles. The van der Waals surface area contributed by atoms with Crippen LogP contribution in [0, 0.1) is 6.92 Å². The van der Waals surface area contributed by atoms with Crippen LogP contribution >= 0.6 is 23.8 Å². The highest BCUT2D eigenvalue weighted by atomic mass is 35.5. The summed E-state index contributed by atoms with van der Waals surface area (Å²) < 4.78 is 20.9. The lowest BCUT2D eigenvalue weighted by Gasteiger charge is -2.48. The van der Waals surface area contributed by atoms with E-state index in [1.54, 1.807) is 12.1 Å². The standard InChI is InChI=1S/C20H24ClN2O8S/c1-9-6-5-7-13(21)15(9)22-20(32)23-16-18(30-12(4)26)17(29-11(3)25)14(31-19(16)27)8-28-10(2)24/h5-7,14,16-19H,8H2,1-4H3,(H2,22,23,32)/q-1/t14-,16-,17-,18-,19-/m1/s1. The first-order valence-electron chi connectivity index (χ1n) is 9.61. The highest BCUT2D eigenvalue weighted by Crippen LogP contribution is 2.27. The lowest BCUT2D eigenvalue weighted by atomic mass is 9.96. The summed E-state index contributed by atoms with van der Waals surface area (Å²) in [5.74, 6) is -2.05. The molecule has 0 spiro atoms. The van der Waals surface area contributed by atoms with Crippen molar-refractivity contribution < 1.29 is 38.4 Å². The summed E-state index contributed by atoms with van der Waals surface area (Å²) in [5, 5.41) is 18.9. The first-order valence-corrected chi connectivity index (χ1v) is 10.4. The molecule has 0 saturated carbocycles. The summed E-state index contributed by atoms with van der Waals surface area (Å²) in [4.78, 5) is 34.6. The maximum absolute atomic E-state index is 12.8. The molecule has 1 heterocycles. The monoisotopic (exact) mass is 487 g/mol. The first kappa shape index (κ1) is 25.8. The summed E-state index contributed by atoms with van der Waals surface area (Å²) in [5.41, 5.74) is 1.33. The Morgan fingerprint density at radius 3 is 2.31 bits per heavy atom. The van der Waals surface area contributed by atoms with Crippen molar-refractivity contribution in [2.45, 2.75) is 58.3 Å². The molecule has 0 amide bonds. The van der Waals surface area contributed by atoms with E-state index in [0.717, 1.165) is 19.4 Å². The highest BCUT2D eigenvalue weighted by Gasteiger charge is 2.47. The fraction of sp³-hybridized carbons (Fsp3) is 0.500. The average Bonchev–Trinajstić information content (AvgIpc) is 2.67. The van der Waals surface area contributed by atoms with Crippen LogP contribution in [-0.4, -0.2) is 60.3 Å². The van der Waals surface area contributed by atoms with E-state index in [9.17, 15) is 19.5 Å². The summed E-state index contributed by atoms with van der Waals surface area (Å²) in [6, 6.07) is 4.01. The van der Waals surface area contributed by atoms with Gasteiger partial charge in [0.2, 0.25) is 0 Å². The van der Waals surface area contributed by atoms with Gasteiger partial charge >= 0.3 is 17.9 Å². The maximum atomic E-state index is 12.8. The fourth-order valence-electron chi connectivity index (χ4n) is 3.15. The molecule has 176 valence electrons. The molecule has 1 aliphatic rings. The zero-order chi connectivity index (χ0) is 24.0. The van der Waals surface area contributed by atoms with Gasteiger partial charge in [0.25, 0.3) is 0 Å². The number of halogens is 1. The SMILES string of the molecule is CC(=O)OC[C@H]1O[C@@H]([O-])[C@H](NC(=S)Nc2c(C)cccc2Cl)[C@@H](OC(C)=O)[C@@H]1OC(C)=O. The number of carbonyl (C=O) groups excluding carboxylic acids is 3. The summed E-state index contributed by atoms with van der Waals surface area (Å²) in [6.07, 6.45) is -5.47. The molecule has 10 nitrogen and oxygen atoms in total. The van der Waals surface area contributed by atoms with Gasteiger partial charge in [-0.05, 0) is 30.8 Å². The summed E-state index contributed by atoms with van der Waals surface area (Å²) in [7, 11) is 0. The quantitative estimate of drug-likeness (QED) is 0.335. The van der Waals surface area contributed by atoms with E-state index in [0.29, 0.717) is 10.7 Å². The molecule has 32 heavy (non-hydrogen) atoms. The van der Waals surface area contributed by atoms with Crippen LogP contribution in [0.4, 0.5) is 5.69 Å². The van der Waals surface area contributed by atoms with Crippen molar-refractivity contribution in [3.05, 3.63) is 28.8 Å². The number of rotatable bonds is 6. The predicted molar refractivity (Wildman–Crippen MR) is 116 cm³/mol. The topological polar surface area (TPSA) is 135 Å². The Labute approximate surface area is 195 Å². The molecule has 0 aromatic heterocycles. The second kappa shape index (κ2) is 11.4. The number of benzene rings is 1. The Hall–Kier alpha value is -2.47. The van der Waals surface area contributed by atoms with Crippen LogP contribution in [0.25, 0.3) is 0 Å². The Morgan fingerprint density at radius 1 is 1.12 bits per heavy atom. The van der Waals surface area contributed by atoms with Gasteiger partial charge in [-0.3, -0.25) is 14.4 Å². The number of nitrogens with one attached hydrogen (secondary N) is 2. The number of thiocarbonyl (C=S) groups is 1. The first-order chi connectivity index (χ1) is 15.0. The van der Waals surface area contributed by atoms with E-state index < -0.39 is 48.6 Å². The molecule has 1 aromatic carbocycles. The van der Waals surface area contributed by atoms with Crippen LogP contribution in [0.3, 0.4) is 0 Å². The van der Waals surface area contributed by atoms with E-state index in [4.69, 9.17) is 42.8 Å². The molecule has 2 rings (SSSR count). The lowest BCUT2D eigenvalue weighted by Crippen LogP contribution is -2.69. The molecule has 1 aromatic rings. The number of ether oxygens (including phenoxy) is 4. The molecule has 12 heteroatoms. The van der Waals surface area contributed by atoms with Gasteiger partial charge in [0.15, 0.2) is 17.3 Å². The Bertz CT molecular complexity index is 863. The molecule has 5 atom stereocenters. The van der Waals surface area contributed by atoms with E-state index >= 15 is 0 Å². The predicted octanol–water partition coefficient (Wildman–Crippen LogP) is 0.815. The van der Waals surface area contributed by atoms with Crippen molar-refractivity contribution >= 4 is 52.5 Å². The number of para-hydroxylation sites is 1. The second-order valence-electron chi connectivity index (χ2n) is 7.05. The van der Waals surface area contributed by atoms with Crippen LogP contribution < -0.4 is 15.7 Å². The Morgan fingerprint density at radius 2 is 1.75 bits per heavy atom. The van der Waals surface area contributed by atoms with Crippen molar-refractivity contribution in [3.8, 4) is 0 Å². The van der Waals surface area contributed by atoms with Crippen molar-refractivity contribution in [2.24, 2.45) is 0 Å². The third-order valence-corrected chi connectivity index (χ3v) is 4.99. The largest absolute Gasteiger partial charge is 0.829 e. The fourth-order valence-corrected chi connectivity index (χ4v) is 3.65. The normalized spacial score (nSPS) is 24.8. The summed E-state index contributed by atoms with van der Waals surface area (Å²) in [6.45, 7) is 4.90. The minimum Gasteiger partial charge on any atom is -0.829 e. The van der Waals surface area contributed by atoms with E-state index in [1.165, 1.54) is 6.92 Å². The van der Waals surface area contributed by atoms with Crippen LogP contribution in [0.15, 0.2) is 18.2 Å². The number of esters is 3. The van der Waals surface area contributed by atoms with Gasteiger partial charge in [-0.15, -0.1) is 0 Å². The molecule has 1 aliphatic heterocycles. The minimum absolute atomic E-state index is 0.00723. The van der Waals surface area contributed by atoms with Crippen molar-refractivity contribution in [1.29, 1.82) is 0 Å². The number of hydrogen-bond donors (Lipinski definition) is 2. The molecular weight excluding hydrogens is 464 g/mol. The van der Waals surface area contributed by atoms with Crippen molar-refractivity contribution in [1.82, 2.24) is 5.32 Å². The van der Waals surface area contributed by atoms with Crippen LogP contribution in [-0.2, 0) is 33.3 Å². The smallest absolute Gasteiger partial charge is 0.303 e. The number of anilines is 1. The van der Waals surface area contributed by atoms with Crippen LogP contribution in [0.1, 0.15) is 26.3 Å². The second-order valence-corrected chi connectivity index (χ2v) is 7.87. The van der Waals surface area contributed by atoms with Gasteiger partial charge in [0, 0.05) is 27.1 Å². The van der Waals surface area contributed by atoms with Crippen molar-refractivity contribution in [3.63, 3.8) is 0 Å². The Kier molecular flexibility index (Phi) is 9.20. The van der Waals surface area contributed by atoms with Gasteiger partial charge in [-0.1, -0.05) is 23.7 Å². The molecule has 0 bridgehead atoms. The summed E-state index contributed by atoms with van der Waals surface area (Å²) >= 11 is 11.5. The third-order valence-electron chi connectivity index (χ3n) is 4.46. The van der Waals surface area contributed by atoms with Gasteiger partial charge in [0.05, 0.1) is 16.8 Å². The molecule has 1 fully saturated rings. The van der Waals surface area contributed by atoms with Crippen LogP contribution in [0.5, 0.6) is 0 Å². The molecule has 0 unspecified atom stereocenters. The van der Waals surface area contributed by atoms with E-state index in [-0.39, 0.29) is 11.7 Å². The van der Waals surface area contributed by atoms with Crippen LogP contribution in [0.2, 0.25) is 5.02 Å². The van der Waals surface area contributed by atoms with E-state index in [2.05, 4.69) is 10.6 Å². The maximum Gasteiger partial charge on any atom is 0.303 e. The molecular formula is C20H24ClN2O8S-. The zero-order valence-electron chi connectivity index (χ0n) is 17.9. The minimum atomic E-state index is -1.81. The Balaban J connectivity index is 2.28.